The number of hydrogen-bond acceptors (Lipinski definition) is 9. The lowest BCUT2D eigenvalue weighted by Gasteiger charge is -2.38. The number of allylic oxidation sites excluding steroid dienone is 1. The maximum atomic E-state index is 14.6. The normalized spacial score (nSPS) is 30.1. The van der Waals surface area contributed by atoms with Crippen LogP contribution in [0.2, 0.25) is 0 Å². The number of hydrogen-bond donors (Lipinski definition) is 3. The molecule has 0 radical (unpaired) electrons. The summed E-state index contributed by atoms with van der Waals surface area (Å²) < 4.78 is 39.5. The summed E-state index contributed by atoms with van der Waals surface area (Å²) in [5, 5.41) is 4.93. The molecule has 4 fully saturated rings. The molecular weight excluding hydrogens is 739 g/mol. The first-order valence-electron chi connectivity index (χ1n) is 20.0. The summed E-state index contributed by atoms with van der Waals surface area (Å²) in [5.41, 5.74) is 0.450. The average molecular weight is 794 g/mol. The first-order valence-corrected chi connectivity index (χ1v) is 21.6. The number of carbonyl (C=O) groups excluding carboxylic acids is 5. The molecule has 4 bridgehead atoms. The van der Waals surface area contributed by atoms with Crippen LogP contribution in [0.4, 0.5) is 9.59 Å². The van der Waals surface area contributed by atoms with E-state index in [2.05, 4.69) is 34.1 Å². The van der Waals surface area contributed by atoms with E-state index in [1.54, 1.807) is 25.7 Å². The molecule has 0 unspecified atom stereocenters. The molecule has 1 aromatic carbocycles. The first kappa shape index (κ1) is 39.8. The van der Waals surface area contributed by atoms with Crippen molar-refractivity contribution < 1.29 is 41.9 Å². The number of carbonyl (C=O) groups is 5. The van der Waals surface area contributed by atoms with Crippen LogP contribution in [0.25, 0.3) is 6.08 Å². The maximum absolute atomic E-state index is 14.6. The van der Waals surface area contributed by atoms with Crippen LogP contribution < -0.4 is 15.4 Å². The van der Waals surface area contributed by atoms with Gasteiger partial charge in [-0.05, 0) is 67.1 Å². The van der Waals surface area contributed by atoms with E-state index in [-0.39, 0.29) is 31.4 Å². The standard InChI is InChI=1S/C41H55N5O9S/c1-5-28-21-41(28,36(49)44-56(52,53)30-15-16-30)43-34(47)32-20-29-23-46(32)35(48)33(39(2,3)4)42-37(50)54-25-40(17-8-6-9-18-40)19-10-7-12-26-13-11-14-27-22-45(24-31(26)27)38(51)55-29/h5,7,11-14,28-30,32-33H,1,6,8-10,15-25H2,2-4H3,(H,42,50)(H,43,47)(H,44,49)/b12-7+/t28-,29-,32+,33-,41-/m1/s1. The van der Waals surface area contributed by atoms with Crippen molar-refractivity contribution >= 4 is 46.0 Å². The summed E-state index contributed by atoms with van der Waals surface area (Å²) >= 11 is 0. The molecule has 14 nitrogen and oxygen atoms in total. The largest absolute Gasteiger partial charge is 0.449 e. The van der Waals surface area contributed by atoms with Gasteiger partial charge in [0.1, 0.15) is 23.7 Å². The maximum Gasteiger partial charge on any atom is 0.410 e. The summed E-state index contributed by atoms with van der Waals surface area (Å²) in [5.74, 6) is -2.69. The van der Waals surface area contributed by atoms with Gasteiger partial charge in [-0.1, -0.05) is 76.5 Å². The molecule has 1 aromatic rings. The van der Waals surface area contributed by atoms with Crippen molar-refractivity contribution in [2.75, 3.05) is 13.2 Å². The van der Waals surface area contributed by atoms with Gasteiger partial charge in [0.15, 0.2) is 0 Å². The molecule has 7 rings (SSSR count). The fourth-order valence-corrected chi connectivity index (χ4v) is 10.3. The van der Waals surface area contributed by atoms with Crippen LogP contribution in [-0.2, 0) is 47.0 Å². The Bertz CT molecular complexity index is 1910. The van der Waals surface area contributed by atoms with Crippen LogP contribution in [-0.4, -0.2) is 90.3 Å². The molecule has 3 N–H and O–H groups in total. The Morgan fingerprint density at radius 2 is 1.80 bits per heavy atom. The van der Waals surface area contributed by atoms with Crippen LogP contribution in [0.3, 0.4) is 0 Å². The highest BCUT2D eigenvalue weighted by Crippen LogP contribution is 2.46. The zero-order valence-corrected chi connectivity index (χ0v) is 33.5. The second-order valence-corrected chi connectivity index (χ2v) is 19.8. The Balaban J connectivity index is 1.18. The number of ether oxygens (including phenoxy) is 2. The van der Waals surface area contributed by atoms with Gasteiger partial charge in [0.2, 0.25) is 21.8 Å². The molecule has 5 amide bonds. The monoisotopic (exact) mass is 793 g/mol. The number of rotatable bonds is 6. The van der Waals surface area contributed by atoms with Crippen LogP contribution >= 0.6 is 0 Å². The van der Waals surface area contributed by atoms with Crippen molar-refractivity contribution in [1.82, 2.24) is 25.2 Å². The number of amides is 5. The van der Waals surface area contributed by atoms with Gasteiger partial charge in [0.05, 0.1) is 24.9 Å². The van der Waals surface area contributed by atoms with E-state index in [0.717, 1.165) is 61.6 Å². The number of nitrogens with one attached hydrogen (secondary N) is 3. The van der Waals surface area contributed by atoms with Gasteiger partial charge in [-0.15, -0.1) is 6.58 Å². The molecule has 3 heterocycles. The Hall–Kier alpha value is -4.40. The van der Waals surface area contributed by atoms with E-state index in [1.807, 2.05) is 18.2 Å². The van der Waals surface area contributed by atoms with E-state index in [9.17, 15) is 32.4 Å². The smallest absolute Gasteiger partial charge is 0.410 e. The lowest BCUT2D eigenvalue weighted by atomic mass is 9.71. The Morgan fingerprint density at radius 3 is 2.48 bits per heavy atom. The zero-order valence-electron chi connectivity index (χ0n) is 32.6. The Morgan fingerprint density at radius 1 is 1.05 bits per heavy atom. The molecule has 5 atom stereocenters. The molecule has 6 aliphatic rings. The highest BCUT2D eigenvalue weighted by atomic mass is 32.2. The predicted molar refractivity (Wildman–Crippen MR) is 207 cm³/mol. The van der Waals surface area contributed by atoms with Crippen molar-refractivity contribution in [3.8, 4) is 0 Å². The topological polar surface area (TPSA) is 181 Å². The zero-order chi connectivity index (χ0) is 40.0. The van der Waals surface area contributed by atoms with Gasteiger partial charge >= 0.3 is 12.2 Å². The third kappa shape index (κ3) is 8.19. The van der Waals surface area contributed by atoms with Crippen LogP contribution in [0.1, 0.15) is 108 Å². The second kappa shape index (κ2) is 15.2. The molecule has 3 aliphatic carbocycles. The van der Waals surface area contributed by atoms with Gasteiger partial charge in [-0.25, -0.2) is 18.0 Å². The van der Waals surface area contributed by atoms with E-state index in [0.29, 0.717) is 25.9 Å². The average Bonchev–Trinajstić information content (AvgIpc) is 4.05. The third-order valence-electron chi connectivity index (χ3n) is 12.6. The number of sulfonamides is 1. The van der Waals surface area contributed by atoms with Crippen molar-refractivity contribution in [3.63, 3.8) is 0 Å². The predicted octanol–water partition coefficient (Wildman–Crippen LogP) is 4.68. The van der Waals surface area contributed by atoms with Crippen molar-refractivity contribution in [2.45, 2.75) is 133 Å². The Labute approximate surface area is 329 Å². The fourth-order valence-electron chi connectivity index (χ4n) is 8.91. The number of cyclic esters (lactones) is 1. The van der Waals surface area contributed by atoms with E-state index < -0.39 is 80.2 Å². The van der Waals surface area contributed by atoms with Crippen LogP contribution in [0.15, 0.2) is 36.9 Å². The van der Waals surface area contributed by atoms with Crippen molar-refractivity contribution in [3.05, 3.63) is 53.6 Å². The number of fused-ring (bicyclic) bond motifs is 3. The summed E-state index contributed by atoms with van der Waals surface area (Å²) in [6.45, 7) is 9.91. The fraction of sp³-hybridized carbons (Fsp3) is 0.634. The number of benzene rings is 1. The molecular formula is C41H55N5O9S. The molecule has 15 heteroatoms. The molecule has 0 aromatic heterocycles. The minimum Gasteiger partial charge on any atom is -0.449 e. The van der Waals surface area contributed by atoms with Gasteiger partial charge in [0, 0.05) is 24.3 Å². The van der Waals surface area contributed by atoms with E-state index in [4.69, 9.17) is 9.47 Å². The lowest BCUT2D eigenvalue weighted by molar-refractivity contribution is -0.143. The summed E-state index contributed by atoms with van der Waals surface area (Å²) in [7, 11) is -3.92. The molecule has 1 saturated heterocycles. The van der Waals surface area contributed by atoms with E-state index in [1.165, 1.54) is 11.0 Å². The molecule has 304 valence electrons. The highest BCUT2D eigenvalue weighted by Gasteiger charge is 2.62. The van der Waals surface area contributed by atoms with Crippen molar-refractivity contribution in [2.24, 2.45) is 16.7 Å². The highest BCUT2D eigenvalue weighted by molar-refractivity contribution is 7.91. The minimum absolute atomic E-state index is 0.0846. The number of alkyl carbamates (subject to hydrolysis) is 1. The lowest BCUT2D eigenvalue weighted by Crippen LogP contribution is -2.60. The van der Waals surface area contributed by atoms with Crippen LogP contribution in [0, 0.1) is 16.7 Å². The van der Waals surface area contributed by atoms with E-state index >= 15 is 0 Å². The van der Waals surface area contributed by atoms with Crippen LogP contribution in [0.5, 0.6) is 0 Å². The first-order chi connectivity index (χ1) is 26.5. The van der Waals surface area contributed by atoms with Gasteiger partial charge in [-0.2, -0.15) is 0 Å². The molecule has 3 aliphatic heterocycles. The van der Waals surface area contributed by atoms with Crippen molar-refractivity contribution in [1.29, 1.82) is 0 Å². The summed E-state index contributed by atoms with van der Waals surface area (Å²) in [6, 6.07) is 3.64. The number of nitrogens with zero attached hydrogens (tertiary/aromatic N) is 2. The summed E-state index contributed by atoms with van der Waals surface area (Å²) in [6.07, 6.45) is 11.1. The second-order valence-electron chi connectivity index (χ2n) is 17.8. The third-order valence-corrected chi connectivity index (χ3v) is 14.4. The Kier molecular flexibility index (Phi) is 10.8. The summed E-state index contributed by atoms with van der Waals surface area (Å²) in [4.78, 5) is 72.7. The molecule has 56 heavy (non-hydrogen) atoms. The quantitative estimate of drug-likeness (QED) is 0.345. The molecule has 3 saturated carbocycles. The molecule has 1 spiro atoms. The van der Waals surface area contributed by atoms with Gasteiger partial charge in [0.25, 0.3) is 5.91 Å². The van der Waals surface area contributed by atoms with Gasteiger partial charge < -0.3 is 25.0 Å². The SMILES string of the molecule is C=C[C@@H]1C[C@]1(NC(=O)[C@@H]1C[C@@H]2CN1C(=O)[C@H](C(C)(C)C)NC(=O)OCC1(CC/C=C/c3cccc4c3CN(C4)C(=O)O2)CCCCC1)C(=O)NS(=O)(=O)C1CC1. The van der Waals surface area contributed by atoms with Gasteiger partial charge in [-0.3, -0.25) is 24.0 Å². The minimum atomic E-state index is -3.92.